The van der Waals surface area contributed by atoms with Gasteiger partial charge in [0.1, 0.15) is 0 Å². The Morgan fingerprint density at radius 1 is 1.33 bits per heavy atom. The first-order valence-corrected chi connectivity index (χ1v) is 3.50. The zero-order chi connectivity index (χ0) is 7.28. The molecule has 0 fully saturated rings. The molecule has 0 saturated carbocycles. The van der Waals surface area contributed by atoms with Crippen LogP contribution < -0.4 is 0 Å². The molecule has 9 heavy (non-hydrogen) atoms. The molecule has 0 aliphatic carbocycles. The topological polar surface area (TPSA) is 9.23 Å². The van der Waals surface area contributed by atoms with E-state index in [4.69, 9.17) is 4.74 Å². The second-order valence-electron chi connectivity index (χ2n) is 2.87. The summed E-state index contributed by atoms with van der Waals surface area (Å²) in [5.74, 6) is 1.27. The molecule has 0 heterocycles. The van der Waals surface area contributed by atoms with E-state index in [9.17, 15) is 0 Å². The van der Waals surface area contributed by atoms with Crippen molar-refractivity contribution in [3.8, 4) is 0 Å². The lowest BCUT2D eigenvalue weighted by atomic mass is 10.00. The third kappa shape index (κ3) is 5.84. The summed E-state index contributed by atoms with van der Waals surface area (Å²) in [6.07, 6.45) is 2.30. The van der Waals surface area contributed by atoms with Crippen LogP contribution in [0, 0.1) is 18.3 Å². The molecule has 0 rings (SSSR count). The first-order chi connectivity index (χ1) is 4.16. The van der Waals surface area contributed by atoms with Crippen molar-refractivity contribution in [2.24, 2.45) is 11.8 Å². The van der Waals surface area contributed by atoms with Gasteiger partial charge in [0, 0.05) is 13.7 Å². The zero-order valence-corrected chi connectivity index (χ0v) is 6.85. The smallest absolute Gasteiger partial charge is 0.0490 e. The molecule has 1 heteroatoms. The molecule has 0 aromatic heterocycles. The standard InChI is InChI=1S/C8H17O/c1-7(2)5-8(3)6-9-4/h5,7-8H,6H2,1-4H3. The molecule has 0 amide bonds. The Morgan fingerprint density at radius 2 is 1.89 bits per heavy atom. The lowest BCUT2D eigenvalue weighted by molar-refractivity contribution is 0.167. The lowest BCUT2D eigenvalue weighted by Gasteiger charge is -2.11. The first-order valence-electron chi connectivity index (χ1n) is 3.50. The molecule has 0 saturated heterocycles. The van der Waals surface area contributed by atoms with Gasteiger partial charge in [0.25, 0.3) is 0 Å². The molecule has 0 N–H and O–H groups in total. The van der Waals surface area contributed by atoms with E-state index in [0.717, 1.165) is 6.61 Å². The minimum Gasteiger partial charge on any atom is -0.384 e. The van der Waals surface area contributed by atoms with Gasteiger partial charge in [-0.1, -0.05) is 20.8 Å². The average molecular weight is 129 g/mol. The fourth-order valence-corrected chi connectivity index (χ4v) is 0.976. The summed E-state index contributed by atoms with van der Waals surface area (Å²) in [6.45, 7) is 7.39. The molecule has 0 aliphatic heterocycles. The summed E-state index contributed by atoms with van der Waals surface area (Å²) in [4.78, 5) is 0. The van der Waals surface area contributed by atoms with Crippen molar-refractivity contribution < 1.29 is 4.74 Å². The summed E-state index contributed by atoms with van der Waals surface area (Å²) in [5, 5.41) is 0. The molecular weight excluding hydrogens is 112 g/mol. The minimum absolute atomic E-state index is 0.593. The monoisotopic (exact) mass is 129 g/mol. The molecule has 0 bridgehead atoms. The van der Waals surface area contributed by atoms with Crippen LogP contribution in [0.4, 0.5) is 0 Å². The zero-order valence-electron chi connectivity index (χ0n) is 6.85. The Hall–Kier alpha value is -0.0400. The van der Waals surface area contributed by atoms with Crippen molar-refractivity contribution in [1.82, 2.24) is 0 Å². The molecule has 0 aliphatic rings. The maximum Gasteiger partial charge on any atom is 0.0490 e. The van der Waals surface area contributed by atoms with Crippen LogP contribution in [-0.4, -0.2) is 13.7 Å². The SMILES string of the molecule is COCC(C)[CH]C(C)C. The minimum atomic E-state index is 0.593. The Balaban J connectivity index is 3.15. The molecular formula is C8H17O. The van der Waals surface area contributed by atoms with Crippen molar-refractivity contribution in [2.75, 3.05) is 13.7 Å². The Morgan fingerprint density at radius 3 is 2.22 bits per heavy atom. The fourth-order valence-electron chi connectivity index (χ4n) is 0.976. The summed E-state index contributed by atoms with van der Waals surface area (Å²) in [5.41, 5.74) is 0. The van der Waals surface area contributed by atoms with Crippen molar-refractivity contribution in [2.45, 2.75) is 20.8 Å². The van der Waals surface area contributed by atoms with Gasteiger partial charge >= 0.3 is 0 Å². The first kappa shape index (κ1) is 8.96. The highest BCUT2D eigenvalue weighted by Crippen LogP contribution is 2.08. The largest absolute Gasteiger partial charge is 0.384 e. The van der Waals surface area contributed by atoms with E-state index in [-0.39, 0.29) is 0 Å². The maximum atomic E-state index is 4.97. The summed E-state index contributed by atoms with van der Waals surface area (Å²) < 4.78 is 4.97. The number of ether oxygens (including phenoxy) is 1. The van der Waals surface area contributed by atoms with Gasteiger partial charge in [-0.15, -0.1) is 0 Å². The number of hydrogen-bond acceptors (Lipinski definition) is 1. The third-order valence-electron chi connectivity index (χ3n) is 1.14. The van der Waals surface area contributed by atoms with Crippen LogP contribution in [0.3, 0.4) is 0 Å². The van der Waals surface area contributed by atoms with Crippen LogP contribution in [0.1, 0.15) is 20.8 Å². The van der Waals surface area contributed by atoms with E-state index >= 15 is 0 Å². The van der Waals surface area contributed by atoms with Gasteiger partial charge in [0.2, 0.25) is 0 Å². The second-order valence-corrected chi connectivity index (χ2v) is 2.87. The van der Waals surface area contributed by atoms with Crippen LogP contribution in [0.5, 0.6) is 0 Å². The maximum absolute atomic E-state index is 4.97. The van der Waals surface area contributed by atoms with Gasteiger partial charge in [-0.3, -0.25) is 0 Å². The summed E-state index contributed by atoms with van der Waals surface area (Å²) in [6, 6.07) is 0. The molecule has 0 spiro atoms. The quantitative estimate of drug-likeness (QED) is 0.565. The Bertz CT molecular complexity index is 59.6. The van der Waals surface area contributed by atoms with Gasteiger partial charge in [-0.05, 0) is 18.3 Å². The van der Waals surface area contributed by atoms with Gasteiger partial charge in [0.05, 0.1) is 0 Å². The molecule has 55 valence electrons. The summed E-state index contributed by atoms with van der Waals surface area (Å²) >= 11 is 0. The summed E-state index contributed by atoms with van der Waals surface area (Å²) in [7, 11) is 1.74. The van der Waals surface area contributed by atoms with Gasteiger partial charge in [0.15, 0.2) is 0 Å². The third-order valence-corrected chi connectivity index (χ3v) is 1.14. The lowest BCUT2D eigenvalue weighted by Crippen LogP contribution is -2.07. The van der Waals surface area contributed by atoms with E-state index < -0.39 is 0 Å². The van der Waals surface area contributed by atoms with Gasteiger partial charge in [-0.2, -0.15) is 0 Å². The highest BCUT2D eigenvalue weighted by Gasteiger charge is 2.03. The molecule has 1 nitrogen and oxygen atoms in total. The van der Waals surface area contributed by atoms with E-state index in [2.05, 4.69) is 27.2 Å². The van der Waals surface area contributed by atoms with Crippen LogP contribution in [-0.2, 0) is 4.74 Å². The van der Waals surface area contributed by atoms with Crippen molar-refractivity contribution in [3.63, 3.8) is 0 Å². The number of rotatable bonds is 4. The highest BCUT2D eigenvalue weighted by atomic mass is 16.5. The van der Waals surface area contributed by atoms with E-state index in [1.807, 2.05) is 0 Å². The van der Waals surface area contributed by atoms with E-state index in [1.54, 1.807) is 7.11 Å². The molecule has 1 radical (unpaired) electrons. The molecule has 0 aromatic carbocycles. The van der Waals surface area contributed by atoms with Crippen molar-refractivity contribution >= 4 is 0 Å². The van der Waals surface area contributed by atoms with Crippen LogP contribution >= 0.6 is 0 Å². The van der Waals surface area contributed by atoms with E-state index in [1.165, 1.54) is 0 Å². The fraction of sp³-hybridized carbons (Fsp3) is 0.875. The van der Waals surface area contributed by atoms with E-state index in [0.29, 0.717) is 11.8 Å². The molecule has 0 aromatic rings. The van der Waals surface area contributed by atoms with Gasteiger partial charge < -0.3 is 4.74 Å². The molecule has 1 atom stereocenters. The van der Waals surface area contributed by atoms with Crippen molar-refractivity contribution in [1.29, 1.82) is 0 Å². The Kier molecular flexibility index (Phi) is 4.78. The normalized spacial score (nSPS) is 14.3. The van der Waals surface area contributed by atoms with Crippen LogP contribution in [0.25, 0.3) is 0 Å². The van der Waals surface area contributed by atoms with Gasteiger partial charge in [-0.25, -0.2) is 0 Å². The Labute approximate surface area is 58.4 Å². The molecule has 1 unspecified atom stereocenters. The average Bonchev–Trinajstić information content (AvgIpc) is 1.63. The van der Waals surface area contributed by atoms with Crippen molar-refractivity contribution in [3.05, 3.63) is 6.42 Å². The second kappa shape index (κ2) is 4.80. The van der Waals surface area contributed by atoms with Crippen LogP contribution in [0.2, 0.25) is 0 Å². The number of methoxy groups -OCH3 is 1. The predicted molar refractivity (Wildman–Crippen MR) is 40.2 cm³/mol. The number of hydrogen-bond donors (Lipinski definition) is 0. The predicted octanol–water partition coefficient (Wildman–Crippen LogP) is 2.13. The highest BCUT2D eigenvalue weighted by molar-refractivity contribution is 4.74. The van der Waals surface area contributed by atoms with Crippen LogP contribution in [0.15, 0.2) is 0 Å².